The summed E-state index contributed by atoms with van der Waals surface area (Å²) in [5, 5.41) is 4.13. The fraction of sp³-hybridized carbons (Fsp3) is 0.120. The van der Waals surface area contributed by atoms with Gasteiger partial charge in [0.2, 0.25) is 0 Å². The molecule has 32 heavy (non-hydrogen) atoms. The number of hydrogen-bond donors (Lipinski definition) is 1. The number of benzene rings is 2. The molecule has 0 radical (unpaired) electrons. The van der Waals surface area contributed by atoms with Gasteiger partial charge < -0.3 is 14.8 Å². The fourth-order valence-corrected chi connectivity index (χ4v) is 4.78. The third kappa shape index (κ3) is 3.72. The third-order valence-corrected chi connectivity index (χ3v) is 6.91. The molecule has 7 heteroatoms. The Bertz CT molecular complexity index is 1270. The van der Waals surface area contributed by atoms with Gasteiger partial charge in [0.05, 0.1) is 11.7 Å². The zero-order chi connectivity index (χ0) is 22.2. The number of anilines is 1. The summed E-state index contributed by atoms with van der Waals surface area (Å²) in [4.78, 5) is 6.76. The summed E-state index contributed by atoms with van der Waals surface area (Å²) in [5.74, 6) is -0.260. The lowest BCUT2D eigenvalue weighted by atomic mass is 10.0. The highest BCUT2D eigenvalue weighted by Gasteiger charge is 2.42. The first-order valence-corrected chi connectivity index (χ1v) is 11.4. The zero-order valence-electron chi connectivity index (χ0n) is 17.2. The minimum atomic E-state index is -0.260. The lowest BCUT2D eigenvalue weighted by Crippen LogP contribution is -2.30. The van der Waals surface area contributed by atoms with Gasteiger partial charge in [0.15, 0.2) is 5.11 Å². The highest BCUT2D eigenvalue weighted by atomic mass is 79.9. The van der Waals surface area contributed by atoms with E-state index in [4.69, 9.17) is 12.2 Å². The smallest absolute Gasteiger partial charge is 0.174 e. The van der Waals surface area contributed by atoms with Crippen LogP contribution in [0.4, 0.5) is 10.1 Å². The molecule has 1 aliphatic heterocycles. The Morgan fingerprint density at radius 2 is 1.78 bits per heavy atom. The molecule has 1 aliphatic rings. The number of thiocarbonyl (C=S) groups is 1. The average Bonchev–Trinajstić information content (AvgIpc) is 3.41. The number of halogens is 2. The number of hydrogen-bond acceptors (Lipinski definition) is 2. The van der Waals surface area contributed by atoms with Crippen LogP contribution in [0.15, 0.2) is 89.7 Å². The van der Waals surface area contributed by atoms with Crippen molar-refractivity contribution in [3.8, 4) is 5.69 Å². The van der Waals surface area contributed by atoms with Crippen molar-refractivity contribution in [3.63, 3.8) is 0 Å². The molecule has 1 fully saturated rings. The first-order valence-electron chi connectivity index (χ1n) is 10.2. The Hall–Kier alpha value is -3.03. The number of aromatic nitrogens is 2. The van der Waals surface area contributed by atoms with Gasteiger partial charge in [0, 0.05) is 33.9 Å². The largest absolute Gasteiger partial charge is 0.351 e. The van der Waals surface area contributed by atoms with Crippen molar-refractivity contribution in [1.29, 1.82) is 0 Å². The van der Waals surface area contributed by atoms with Crippen LogP contribution in [0, 0.1) is 12.7 Å². The lowest BCUT2D eigenvalue weighted by Gasteiger charge is -2.29. The fourth-order valence-electron chi connectivity index (χ4n) is 4.18. The average molecular weight is 507 g/mol. The maximum atomic E-state index is 13.6. The molecule has 2 aromatic carbocycles. The van der Waals surface area contributed by atoms with E-state index < -0.39 is 0 Å². The molecule has 1 saturated heterocycles. The number of nitrogens with zero attached hydrogens (tertiary/aromatic N) is 3. The molecule has 1 N–H and O–H groups in total. The van der Waals surface area contributed by atoms with Crippen LogP contribution >= 0.6 is 28.1 Å². The molecular formula is C25H20BrFN4S. The second kappa shape index (κ2) is 8.48. The summed E-state index contributed by atoms with van der Waals surface area (Å²) in [5.41, 5.74) is 4.94. The Labute approximate surface area is 199 Å². The van der Waals surface area contributed by atoms with Gasteiger partial charge in [-0.15, -0.1) is 0 Å². The van der Waals surface area contributed by atoms with E-state index in [1.165, 1.54) is 12.1 Å². The Kier molecular flexibility index (Phi) is 5.53. The standard InChI is InChI=1S/C25H20BrFN4S/c1-16-15-19(11-12-20(16)26)31-24(23(29-25(31)32)21-5-2-3-13-28-21)22-6-4-14-30(22)18-9-7-17(27)8-10-18/h2-15,23-24H,1H3,(H,29,32)/t23-,24+/m1/s1. The van der Waals surface area contributed by atoms with Gasteiger partial charge in [-0.1, -0.05) is 22.0 Å². The third-order valence-electron chi connectivity index (χ3n) is 5.71. The van der Waals surface area contributed by atoms with Gasteiger partial charge in [-0.05, 0) is 91.4 Å². The molecule has 5 rings (SSSR count). The molecule has 4 nitrogen and oxygen atoms in total. The van der Waals surface area contributed by atoms with Crippen molar-refractivity contribution in [2.24, 2.45) is 0 Å². The van der Waals surface area contributed by atoms with Crippen LogP contribution in [0.3, 0.4) is 0 Å². The van der Waals surface area contributed by atoms with Gasteiger partial charge in [-0.2, -0.15) is 0 Å². The first-order chi connectivity index (χ1) is 15.5. The second-order valence-corrected chi connectivity index (χ2v) is 8.95. The summed E-state index contributed by atoms with van der Waals surface area (Å²) in [6.45, 7) is 2.06. The Balaban J connectivity index is 1.67. The molecule has 0 bridgehead atoms. The minimum absolute atomic E-state index is 0.151. The monoisotopic (exact) mass is 506 g/mol. The van der Waals surface area contributed by atoms with Gasteiger partial charge >= 0.3 is 0 Å². The molecule has 0 saturated carbocycles. The molecule has 160 valence electrons. The maximum absolute atomic E-state index is 13.6. The lowest BCUT2D eigenvalue weighted by molar-refractivity contribution is 0.549. The SMILES string of the molecule is Cc1cc(N2C(=S)N[C@H](c3ccccn3)[C@@H]2c2cccn2-c2ccc(F)cc2)ccc1Br. The van der Waals surface area contributed by atoms with Gasteiger partial charge in [0.1, 0.15) is 11.9 Å². The summed E-state index contributed by atoms with van der Waals surface area (Å²) in [7, 11) is 0. The number of rotatable bonds is 4. The zero-order valence-corrected chi connectivity index (χ0v) is 19.6. The Morgan fingerprint density at radius 1 is 1.00 bits per heavy atom. The van der Waals surface area contributed by atoms with E-state index in [1.807, 2.05) is 36.5 Å². The quantitative estimate of drug-likeness (QED) is 0.331. The Morgan fingerprint density at radius 3 is 2.50 bits per heavy atom. The van der Waals surface area contributed by atoms with Crippen LogP contribution in [-0.2, 0) is 0 Å². The number of pyridine rings is 1. The van der Waals surface area contributed by atoms with Crippen molar-refractivity contribution >= 4 is 38.9 Å². The van der Waals surface area contributed by atoms with Crippen molar-refractivity contribution in [2.75, 3.05) is 4.90 Å². The molecule has 4 aromatic rings. The molecule has 2 atom stereocenters. The molecule has 2 aromatic heterocycles. The normalized spacial score (nSPS) is 18.1. The first kappa shape index (κ1) is 20.8. The summed E-state index contributed by atoms with van der Waals surface area (Å²) >= 11 is 9.41. The molecular weight excluding hydrogens is 487 g/mol. The van der Waals surface area contributed by atoms with Crippen LogP contribution in [0.5, 0.6) is 0 Å². The predicted molar refractivity (Wildman–Crippen MR) is 133 cm³/mol. The topological polar surface area (TPSA) is 33.1 Å². The van der Waals surface area contributed by atoms with E-state index >= 15 is 0 Å². The molecule has 3 heterocycles. The second-order valence-electron chi connectivity index (χ2n) is 7.71. The van der Waals surface area contributed by atoms with Gasteiger partial charge in [-0.3, -0.25) is 4.98 Å². The molecule has 0 amide bonds. The van der Waals surface area contributed by atoms with Crippen molar-refractivity contribution in [3.05, 3.63) is 112 Å². The highest BCUT2D eigenvalue weighted by molar-refractivity contribution is 9.10. The predicted octanol–water partition coefficient (Wildman–Crippen LogP) is 6.26. The van der Waals surface area contributed by atoms with Crippen molar-refractivity contribution in [2.45, 2.75) is 19.0 Å². The van der Waals surface area contributed by atoms with Crippen molar-refractivity contribution < 1.29 is 4.39 Å². The van der Waals surface area contributed by atoms with Gasteiger partial charge in [-0.25, -0.2) is 4.39 Å². The number of aryl methyl sites for hydroxylation is 1. The van der Waals surface area contributed by atoms with E-state index in [0.29, 0.717) is 5.11 Å². The summed E-state index contributed by atoms with van der Waals surface area (Å²) in [6.07, 6.45) is 3.78. The maximum Gasteiger partial charge on any atom is 0.174 e. The highest BCUT2D eigenvalue weighted by Crippen LogP contribution is 2.42. The van der Waals surface area contributed by atoms with Crippen LogP contribution < -0.4 is 10.2 Å². The van der Waals surface area contributed by atoms with Crippen LogP contribution in [0.25, 0.3) is 5.69 Å². The molecule has 0 spiro atoms. The molecule has 0 aliphatic carbocycles. The molecule has 0 unspecified atom stereocenters. The summed E-state index contributed by atoms with van der Waals surface area (Å²) < 4.78 is 16.7. The van der Waals surface area contributed by atoms with E-state index in [1.54, 1.807) is 18.3 Å². The van der Waals surface area contributed by atoms with E-state index in [0.717, 1.165) is 32.8 Å². The van der Waals surface area contributed by atoms with Crippen LogP contribution in [0.1, 0.15) is 29.0 Å². The van der Waals surface area contributed by atoms with E-state index in [9.17, 15) is 4.39 Å². The van der Waals surface area contributed by atoms with E-state index in [2.05, 4.69) is 60.8 Å². The van der Waals surface area contributed by atoms with Gasteiger partial charge in [0.25, 0.3) is 0 Å². The summed E-state index contributed by atoms with van der Waals surface area (Å²) in [6, 6.07) is 22.4. The van der Waals surface area contributed by atoms with Crippen LogP contribution in [-0.4, -0.2) is 14.7 Å². The number of nitrogens with one attached hydrogen (secondary N) is 1. The minimum Gasteiger partial charge on any atom is -0.351 e. The van der Waals surface area contributed by atoms with Crippen molar-refractivity contribution in [1.82, 2.24) is 14.9 Å². The van der Waals surface area contributed by atoms with Crippen LogP contribution in [0.2, 0.25) is 0 Å². The van der Waals surface area contributed by atoms with E-state index in [-0.39, 0.29) is 17.9 Å².